The third-order valence-electron chi connectivity index (χ3n) is 3.29. The van der Waals surface area contributed by atoms with Gasteiger partial charge in [-0.25, -0.2) is 9.31 Å². The second-order valence-corrected chi connectivity index (χ2v) is 4.28. The van der Waals surface area contributed by atoms with Gasteiger partial charge >= 0.3 is 5.97 Å². The Morgan fingerprint density at radius 3 is 2.81 bits per heavy atom. The average Bonchev–Trinajstić information content (AvgIpc) is 2.92. The third kappa shape index (κ3) is 1.31. The molecule has 0 aromatic carbocycles. The lowest BCUT2D eigenvalue weighted by atomic mass is 10.2. The molecule has 0 aliphatic heterocycles. The molecule has 0 radical (unpaired) electrons. The zero-order valence-electron chi connectivity index (χ0n) is 8.83. The number of hydrogen-bond acceptors (Lipinski definition) is 2. The highest BCUT2D eigenvalue weighted by Crippen LogP contribution is 2.31. The summed E-state index contributed by atoms with van der Waals surface area (Å²) < 4.78 is 3.79. The van der Waals surface area contributed by atoms with Gasteiger partial charge in [0.05, 0.1) is 0 Å². The van der Waals surface area contributed by atoms with E-state index >= 15 is 0 Å². The van der Waals surface area contributed by atoms with Crippen molar-refractivity contribution in [3.63, 3.8) is 0 Å². The van der Waals surface area contributed by atoms with Crippen LogP contribution in [0, 0.1) is 0 Å². The molecule has 84 valence electrons. The first-order valence-corrected chi connectivity index (χ1v) is 5.55. The summed E-state index contributed by atoms with van der Waals surface area (Å²) in [4.78, 5) is 10.8. The van der Waals surface area contributed by atoms with E-state index in [4.69, 9.17) is 5.11 Å². The topological polar surface area (TPSA) is 59.5 Å². The van der Waals surface area contributed by atoms with Crippen molar-refractivity contribution in [2.24, 2.45) is 0 Å². The number of aromatic nitrogens is 3. The standard InChI is InChI=1S/C11H13N3O2/c15-11(16)9-7-10-13(5-6-14(10)12-9)8-3-1-2-4-8/h5-8H,1-4H2,(H,15,16). The first-order valence-electron chi connectivity index (χ1n) is 5.55. The normalized spacial score (nSPS) is 17.2. The molecule has 3 rings (SSSR count). The predicted octanol–water partition coefficient (Wildman–Crippen LogP) is 1.95. The Kier molecular flexibility index (Phi) is 1.99. The Balaban J connectivity index is 2.07. The van der Waals surface area contributed by atoms with Gasteiger partial charge in [-0.1, -0.05) is 12.8 Å². The van der Waals surface area contributed by atoms with Crippen LogP contribution in [-0.2, 0) is 0 Å². The molecule has 1 saturated carbocycles. The van der Waals surface area contributed by atoms with E-state index in [2.05, 4.69) is 9.67 Å². The summed E-state index contributed by atoms with van der Waals surface area (Å²) in [6, 6.07) is 2.15. The van der Waals surface area contributed by atoms with Crippen LogP contribution in [0.3, 0.4) is 0 Å². The number of rotatable bonds is 2. The van der Waals surface area contributed by atoms with Gasteiger partial charge in [-0.2, -0.15) is 5.10 Å². The highest BCUT2D eigenvalue weighted by atomic mass is 16.4. The van der Waals surface area contributed by atoms with E-state index in [1.54, 1.807) is 10.6 Å². The molecule has 0 bridgehead atoms. The van der Waals surface area contributed by atoms with Crippen LogP contribution < -0.4 is 0 Å². The number of carbonyl (C=O) groups is 1. The number of carboxylic acid groups (broad SMARTS) is 1. The van der Waals surface area contributed by atoms with Gasteiger partial charge in [-0.05, 0) is 12.8 Å². The maximum absolute atomic E-state index is 10.8. The highest BCUT2D eigenvalue weighted by Gasteiger charge is 2.20. The Labute approximate surface area is 92.3 Å². The molecule has 2 heterocycles. The van der Waals surface area contributed by atoms with Crippen molar-refractivity contribution in [2.45, 2.75) is 31.7 Å². The molecule has 1 aliphatic rings. The fourth-order valence-corrected chi connectivity index (χ4v) is 2.49. The van der Waals surface area contributed by atoms with Crippen molar-refractivity contribution in [1.29, 1.82) is 0 Å². The molecular formula is C11H13N3O2. The molecule has 0 saturated heterocycles. The van der Waals surface area contributed by atoms with Gasteiger partial charge in [0.1, 0.15) is 5.65 Å². The number of carboxylic acids is 1. The Morgan fingerprint density at radius 1 is 1.38 bits per heavy atom. The van der Waals surface area contributed by atoms with Crippen LogP contribution in [0.1, 0.15) is 42.2 Å². The fraction of sp³-hybridized carbons (Fsp3) is 0.455. The second kappa shape index (κ2) is 3.37. The number of imidazole rings is 1. The Hall–Kier alpha value is -1.78. The van der Waals surface area contributed by atoms with Crippen molar-refractivity contribution in [1.82, 2.24) is 14.2 Å². The smallest absolute Gasteiger partial charge is 0.356 e. The van der Waals surface area contributed by atoms with E-state index in [1.807, 2.05) is 12.4 Å². The molecule has 0 spiro atoms. The first-order chi connectivity index (χ1) is 7.75. The molecule has 1 aliphatic carbocycles. The van der Waals surface area contributed by atoms with Crippen molar-refractivity contribution < 1.29 is 9.90 Å². The van der Waals surface area contributed by atoms with Gasteiger partial charge in [0.25, 0.3) is 0 Å². The van der Waals surface area contributed by atoms with E-state index in [9.17, 15) is 4.79 Å². The summed E-state index contributed by atoms with van der Waals surface area (Å²) >= 11 is 0. The van der Waals surface area contributed by atoms with Crippen molar-refractivity contribution in [3.8, 4) is 0 Å². The van der Waals surface area contributed by atoms with Crippen molar-refractivity contribution in [3.05, 3.63) is 24.2 Å². The molecule has 0 amide bonds. The van der Waals surface area contributed by atoms with Crippen LogP contribution in [0.4, 0.5) is 0 Å². The van der Waals surface area contributed by atoms with Crippen LogP contribution >= 0.6 is 0 Å². The first kappa shape index (κ1) is 9.45. The largest absolute Gasteiger partial charge is 0.476 e. The van der Waals surface area contributed by atoms with Crippen LogP contribution in [-0.4, -0.2) is 25.3 Å². The van der Waals surface area contributed by atoms with E-state index < -0.39 is 5.97 Å². The number of fused-ring (bicyclic) bond motifs is 1. The minimum Gasteiger partial charge on any atom is -0.476 e. The minimum atomic E-state index is -0.971. The van der Waals surface area contributed by atoms with E-state index in [0.717, 1.165) is 5.65 Å². The van der Waals surface area contributed by atoms with Crippen LogP contribution in [0.25, 0.3) is 5.65 Å². The maximum Gasteiger partial charge on any atom is 0.356 e. The van der Waals surface area contributed by atoms with Gasteiger partial charge < -0.3 is 9.67 Å². The number of hydrogen-bond donors (Lipinski definition) is 1. The summed E-state index contributed by atoms with van der Waals surface area (Å²) in [5.74, 6) is -0.971. The molecule has 1 N–H and O–H groups in total. The molecule has 0 atom stereocenters. The quantitative estimate of drug-likeness (QED) is 0.839. The van der Waals surface area contributed by atoms with Gasteiger partial charge in [0, 0.05) is 24.5 Å². The number of nitrogens with zero attached hydrogens (tertiary/aromatic N) is 3. The van der Waals surface area contributed by atoms with Crippen LogP contribution in [0.5, 0.6) is 0 Å². The average molecular weight is 219 g/mol. The second-order valence-electron chi connectivity index (χ2n) is 4.28. The zero-order valence-corrected chi connectivity index (χ0v) is 8.83. The minimum absolute atomic E-state index is 0.113. The summed E-state index contributed by atoms with van der Waals surface area (Å²) in [5, 5.41) is 12.9. The fourth-order valence-electron chi connectivity index (χ4n) is 2.49. The summed E-state index contributed by atoms with van der Waals surface area (Å²) in [6.07, 6.45) is 8.68. The molecule has 16 heavy (non-hydrogen) atoms. The maximum atomic E-state index is 10.8. The SMILES string of the molecule is O=C(O)c1cc2n(C3CCCC3)ccn2n1. The van der Waals surface area contributed by atoms with Crippen LogP contribution in [0.2, 0.25) is 0 Å². The Morgan fingerprint density at radius 2 is 2.12 bits per heavy atom. The van der Waals surface area contributed by atoms with Gasteiger partial charge in [-0.15, -0.1) is 0 Å². The molecule has 5 heteroatoms. The van der Waals surface area contributed by atoms with E-state index in [-0.39, 0.29) is 5.69 Å². The summed E-state index contributed by atoms with van der Waals surface area (Å²) in [6.45, 7) is 0. The molecule has 2 aromatic heterocycles. The summed E-state index contributed by atoms with van der Waals surface area (Å²) in [7, 11) is 0. The van der Waals surface area contributed by atoms with Gasteiger partial charge in [0.15, 0.2) is 5.69 Å². The molecule has 2 aromatic rings. The Bertz CT molecular complexity index is 534. The molecular weight excluding hydrogens is 206 g/mol. The third-order valence-corrected chi connectivity index (χ3v) is 3.29. The molecule has 5 nitrogen and oxygen atoms in total. The van der Waals surface area contributed by atoms with E-state index in [0.29, 0.717) is 6.04 Å². The lowest BCUT2D eigenvalue weighted by Gasteiger charge is -2.10. The molecule has 0 unspecified atom stereocenters. The highest BCUT2D eigenvalue weighted by molar-refractivity contribution is 5.86. The van der Waals surface area contributed by atoms with Crippen molar-refractivity contribution >= 4 is 11.6 Å². The van der Waals surface area contributed by atoms with Crippen LogP contribution in [0.15, 0.2) is 18.5 Å². The van der Waals surface area contributed by atoms with Crippen molar-refractivity contribution in [2.75, 3.05) is 0 Å². The number of aromatic carboxylic acids is 1. The lowest BCUT2D eigenvalue weighted by molar-refractivity contribution is 0.0690. The van der Waals surface area contributed by atoms with E-state index in [1.165, 1.54) is 25.7 Å². The molecule has 1 fully saturated rings. The predicted molar refractivity (Wildman–Crippen MR) is 57.6 cm³/mol. The zero-order chi connectivity index (χ0) is 11.1. The monoisotopic (exact) mass is 219 g/mol. The van der Waals surface area contributed by atoms with Gasteiger partial charge in [-0.3, -0.25) is 0 Å². The van der Waals surface area contributed by atoms with Gasteiger partial charge in [0.2, 0.25) is 0 Å². The lowest BCUT2D eigenvalue weighted by Crippen LogP contribution is -2.02. The summed E-state index contributed by atoms with van der Waals surface area (Å²) in [5.41, 5.74) is 0.992.